The van der Waals surface area contributed by atoms with Gasteiger partial charge < -0.3 is 25.0 Å². The number of carbonyl (C=O) groups excluding carboxylic acids is 1. The number of halogens is 2. The van der Waals surface area contributed by atoms with Crippen molar-refractivity contribution in [2.75, 3.05) is 26.8 Å². The molecule has 2 unspecified atom stereocenters. The van der Waals surface area contributed by atoms with Crippen molar-refractivity contribution in [3.63, 3.8) is 0 Å². The normalized spacial score (nSPS) is 22.1. The Morgan fingerprint density at radius 3 is 2.69 bits per heavy atom. The molecule has 6 nitrogen and oxygen atoms in total. The fourth-order valence-electron chi connectivity index (χ4n) is 4.23. The lowest BCUT2D eigenvalue weighted by molar-refractivity contribution is -0.143. The van der Waals surface area contributed by atoms with Gasteiger partial charge in [-0.1, -0.05) is 0 Å². The third-order valence-corrected chi connectivity index (χ3v) is 5.76. The largest absolute Gasteiger partial charge is 0.384 e. The molecule has 2 heterocycles. The molecular formula is C21H29F2N3O3. The van der Waals surface area contributed by atoms with Gasteiger partial charge in [0.15, 0.2) is 0 Å². The van der Waals surface area contributed by atoms with E-state index in [2.05, 4.69) is 5.32 Å². The second kappa shape index (κ2) is 9.09. The smallest absolute Gasteiger partial charge is 0.251 e. The first-order valence-electron chi connectivity index (χ1n) is 10.1. The van der Waals surface area contributed by atoms with E-state index in [0.717, 1.165) is 25.0 Å². The number of amides is 1. The standard InChI is InChI=1S/C21H29F2N3O3/c1-4-26-12-18(16-11-15(22)5-6-17(16)23)24-20(26)19(14-7-9-29-10-8-14)25(3)21(28)13(2)27/h5-6,11-14,19-20,24,27H,4,7-10H2,1-3H3/t13-,19?,20?/m0/s1. The Morgan fingerprint density at radius 2 is 2.07 bits per heavy atom. The van der Waals surface area contributed by atoms with Crippen molar-refractivity contribution in [3.8, 4) is 0 Å². The molecule has 3 atom stereocenters. The molecule has 0 spiro atoms. The quantitative estimate of drug-likeness (QED) is 0.754. The zero-order valence-electron chi connectivity index (χ0n) is 17.1. The minimum absolute atomic E-state index is 0.146. The van der Waals surface area contributed by atoms with E-state index in [-0.39, 0.29) is 29.6 Å². The number of rotatable bonds is 6. The Bertz CT molecular complexity index is 766. The lowest BCUT2D eigenvalue weighted by Crippen LogP contribution is -2.59. The Balaban J connectivity index is 1.92. The molecule has 2 aliphatic heterocycles. The first kappa shape index (κ1) is 21.5. The van der Waals surface area contributed by atoms with Crippen LogP contribution < -0.4 is 5.32 Å². The van der Waals surface area contributed by atoms with Gasteiger partial charge in [-0.15, -0.1) is 0 Å². The molecule has 29 heavy (non-hydrogen) atoms. The molecule has 1 aromatic carbocycles. The molecule has 1 amide bonds. The number of ether oxygens (including phenoxy) is 1. The number of likely N-dealkylation sites (N-methyl/N-ethyl adjacent to an activating group) is 2. The van der Waals surface area contributed by atoms with Gasteiger partial charge in [0, 0.05) is 38.6 Å². The molecule has 2 N–H and O–H groups in total. The number of carbonyl (C=O) groups is 1. The predicted molar refractivity (Wildman–Crippen MR) is 105 cm³/mol. The summed E-state index contributed by atoms with van der Waals surface area (Å²) in [7, 11) is 1.69. The third-order valence-electron chi connectivity index (χ3n) is 5.76. The summed E-state index contributed by atoms with van der Waals surface area (Å²) in [5, 5.41) is 13.2. The van der Waals surface area contributed by atoms with Crippen LogP contribution in [0.25, 0.3) is 5.70 Å². The van der Waals surface area contributed by atoms with Crippen LogP contribution in [0, 0.1) is 17.6 Å². The van der Waals surface area contributed by atoms with Crippen LogP contribution in [0.15, 0.2) is 24.4 Å². The van der Waals surface area contributed by atoms with Crippen LogP contribution in [0.2, 0.25) is 0 Å². The monoisotopic (exact) mass is 409 g/mol. The summed E-state index contributed by atoms with van der Waals surface area (Å²) < 4.78 is 33.5. The number of hydrogen-bond donors (Lipinski definition) is 2. The summed E-state index contributed by atoms with van der Waals surface area (Å²) in [6.07, 6.45) is 1.89. The molecule has 1 saturated heterocycles. The number of hydrogen-bond acceptors (Lipinski definition) is 5. The molecule has 1 aromatic rings. The fraction of sp³-hybridized carbons (Fsp3) is 0.571. The van der Waals surface area contributed by atoms with E-state index in [0.29, 0.717) is 25.5 Å². The van der Waals surface area contributed by atoms with Gasteiger partial charge in [0.25, 0.3) is 5.91 Å². The maximum Gasteiger partial charge on any atom is 0.251 e. The van der Waals surface area contributed by atoms with Gasteiger partial charge in [0.2, 0.25) is 0 Å². The van der Waals surface area contributed by atoms with Gasteiger partial charge in [-0.05, 0) is 50.8 Å². The maximum atomic E-state index is 14.3. The maximum absolute atomic E-state index is 14.3. The van der Waals surface area contributed by atoms with E-state index in [4.69, 9.17) is 4.74 Å². The van der Waals surface area contributed by atoms with Gasteiger partial charge in [-0.3, -0.25) is 4.79 Å². The highest BCUT2D eigenvalue weighted by molar-refractivity contribution is 5.80. The molecule has 2 aliphatic rings. The van der Waals surface area contributed by atoms with E-state index < -0.39 is 17.7 Å². The van der Waals surface area contributed by atoms with Crippen molar-refractivity contribution >= 4 is 11.6 Å². The lowest BCUT2D eigenvalue weighted by atomic mass is 9.88. The Morgan fingerprint density at radius 1 is 1.38 bits per heavy atom. The second-order valence-corrected chi connectivity index (χ2v) is 7.65. The van der Waals surface area contributed by atoms with E-state index in [1.807, 2.05) is 11.8 Å². The van der Waals surface area contributed by atoms with Crippen LogP contribution in [0.4, 0.5) is 8.78 Å². The molecule has 0 bridgehead atoms. The molecular weight excluding hydrogens is 380 g/mol. The van der Waals surface area contributed by atoms with Crippen molar-refractivity contribution < 1.29 is 23.4 Å². The summed E-state index contributed by atoms with van der Waals surface area (Å²) in [5.41, 5.74) is 0.630. The molecule has 0 aliphatic carbocycles. The van der Waals surface area contributed by atoms with Gasteiger partial charge in [0.05, 0.1) is 11.7 Å². The zero-order valence-corrected chi connectivity index (χ0v) is 17.1. The Hall–Kier alpha value is -2.19. The van der Waals surface area contributed by atoms with Gasteiger partial charge >= 0.3 is 0 Å². The van der Waals surface area contributed by atoms with Gasteiger partial charge in [-0.25, -0.2) is 8.78 Å². The zero-order chi connectivity index (χ0) is 21.1. The highest BCUT2D eigenvalue weighted by Crippen LogP contribution is 2.32. The highest BCUT2D eigenvalue weighted by Gasteiger charge is 2.41. The molecule has 8 heteroatoms. The van der Waals surface area contributed by atoms with Crippen molar-refractivity contribution in [1.82, 2.24) is 15.1 Å². The predicted octanol–water partition coefficient (Wildman–Crippen LogP) is 2.15. The number of benzene rings is 1. The highest BCUT2D eigenvalue weighted by atomic mass is 19.1. The van der Waals surface area contributed by atoms with Crippen LogP contribution >= 0.6 is 0 Å². The Kier molecular flexibility index (Phi) is 6.74. The van der Waals surface area contributed by atoms with Crippen molar-refractivity contribution in [1.29, 1.82) is 0 Å². The lowest BCUT2D eigenvalue weighted by Gasteiger charge is -2.43. The molecule has 0 aromatic heterocycles. The fourth-order valence-corrected chi connectivity index (χ4v) is 4.23. The average Bonchev–Trinajstić information content (AvgIpc) is 3.13. The number of aliphatic hydroxyl groups is 1. The number of aliphatic hydroxyl groups excluding tert-OH is 1. The molecule has 3 rings (SSSR count). The number of nitrogens with zero attached hydrogens (tertiary/aromatic N) is 2. The minimum Gasteiger partial charge on any atom is -0.384 e. The van der Waals surface area contributed by atoms with Crippen LogP contribution in [0.3, 0.4) is 0 Å². The Labute approximate surface area is 170 Å². The van der Waals surface area contributed by atoms with Crippen LogP contribution in [0.1, 0.15) is 32.3 Å². The van der Waals surface area contributed by atoms with Crippen LogP contribution in [-0.2, 0) is 9.53 Å². The first-order valence-corrected chi connectivity index (χ1v) is 10.1. The summed E-state index contributed by atoms with van der Waals surface area (Å²) in [6, 6.07) is 3.09. The summed E-state index contributed by atoms with van der Waals surface area (Å²) in [6.45, 7) is 5.25. The molecule has 0 radical (unpaired) electrons. The van der Waals surface area contributed by atoms with E-state index in [9.17, 15) is 18.7 Å². The van der Waals surface area contributed by atoms with Crippen molar-refractivity contribution in [2.45, 2.75) is 45.0 Å². The van der Waals surface area contributed by atoms with Crippen molar-refractivity contribution in [3.05, 3.63) is 41.6 Å². The minimum atomic E-state index is -1.12. The topological polar surface area (TPSA) is 65.0 Å². The van der Waals surface area contributed by atoms with Crippen LogP contribution in [0.5, 0.6) is 0 Å². The van der Waals surface area contributed by atoms with Gasteiger partial charge in [-0.2, -0.15) is 0 Å². The third kappa shape index (κ3) is 4.53. The first-order chi connectivity index (χ1) is 13.8. The van der Waals surface area contributed by atoms with Crippen LogP contribution in [-0.4, -0.2) is 65.9 Å². The SMILES string of the molecule is CCN1C=C(c2cc(F)ccc2F)NC1C(C1CCOCC1)N(C)C(=O)[C@H](C)O. The second-order valence-electron chi connectivity index (χ2n) is 7.65. The number of nitrogens with one attached hydrogen (secondary N) is 1. The summed E-state index contributed by atoms with van der Waals surface area (Å²) in [4.78, 5) is 16.2. The average molecular weight is 409 g/mol. The van der Waals surface area contributed by atoms with E-state index >= 15 is 0 Å². The van der Waals surface area contributed by atoms with E-state index in [1.165, 1.54) is 13.0 Å². The molecule has 1 fully saturated rings. The van der Waals surface area contributed by atoms with Gasteiger partial charge in [0.1, 0.15) is 23.9 Å². The van der Waals surface area contributed by atoms with E-state index in [1.54, 1.807) is 18.1 Å². The van der Waals surface area contributed by atoms with Crippen molar-refractivity contribution in [2.24, 2.45) is 5.92 Å². The molecule has 160 valence electrons. The summed E-state index contributed by atoms with van der Waals surface area (Å²) in [5.74, 6) is -1.26. The molecule has 0 saturated carbocycles. The summed E-state index contributed by atoms with van der Waals surface area (Å²) >= 11 is 0.